The van der Waals surface area contributed by atoms with Gasteiger partial charge in [0.15, 0.2) is 0 Å². The molecule has 0 aliphatic heterocycles. The number of halogens is 2. The average Bonchev–Trinajstić information content (AvgIpc) is 2.65. The van der Waals surface area contributed by atoms with Crippen LogP contribution in [0.15, 0.2) is 60.8 Å². The van der Waals surface area contributed by atoms with Crippen molar-refractivity contribution in [3.8, 4) is 0 Å². The molecule has 0 unspecified atom stereocenters. The maximum Gasteiger partial charge on any atom is 0.224 e. The van der Waals surface area contributed by atoms with E-state index >= 15 is 0 Å². The number of benzene rings is 2. The van der Waals surface area contributed by atoms with E-state index in [-0.39, 0.29) is 5.82 Å². The van der Waals surface area contributed by atoms with E-state index in [0.717, 1.165) is 35.8 Å². The van der Waals surface area contributed by atoms with Gasteiger partial charge in [-0.1, -0.05) is 35.9 Å². The fraction of sp³-hybridized carbons (Fsp3) is 0.200. The van der Waals surface area contributed by atoms with Crippen molar-refractivity contribution in [1.82, 2.24) is 9.97 Å². The van der Waals surface area contributed by atoms with E-state index in [9.17, 15) is 4.39 Å². The van der Waals surface area contributed by atoms with Gasteiger partial charge in [0.1, 0.15) is 11.6 Å². The van der Waals surface area contributed by atoms with Crippen LogP contribution in [0.1, 0.15) is 11.1 Å². The van der Waals surface area contributed by atoms with E-state index in [0.29, 0.717) is 12.5 Å². The third-order valence-electron chi connectivity index (χ3n) is 3.90. The van der Waals surface area contributed by atoms with E-state index in [2.05, 4.69) is 20.6 Å². The molecule has 6 heteroatoms. The highest BCUT2D eigenvalue weighted by atomic mass is 35.5. The minimum Gasteiger partial charge on any atom is -0.370 e. The number of hydrogen-bond acceptors (Lipinski definition) is 4. The lowest BCUT2D eigenvalue weighted by Gasteiger charge is -2.09. The summed E-state index contributed by atoms with van der Waals surface area (Å²) in [5, 5.41) is 7.23. The highest BCUT2D eigenvalue weighted by molar-refractivity contribution is 6.30. The van der Waals surface area contributed by atoms with Crippen molar-refractivity contribution in [2.24, 2.45) is 0 Å². The topological polar surface area (TPSA) is 49.8 Å². The molecular weight excluding hydrogens is 351 g/mol. The number of nitrogens with zero attached hydrogens (tertiary/aromatic N) is 2. The van der Waals surface area contributed by atoms with Gasteiger partial charge in [0.2, 0.25) is 5.95 Å². The first-order chi connectivity index (χ1) is 12.7. The molecule has 2 N–H and O–H groups in total. The van der Waals surface area contributed by atoms with E-state index in [4.69, 9.17) is 11.6 Å². The lowest BCUT2D eigenvalue weighted by molar-refractivity contribution is 0.627. The number of aromatic nitrogens is 2. The van der Waals surface area contributed by atoms with Gasteiger partial charge in [0.05, 0.1) is 0 Å². The quantitative estimate of drug-likeness (QED) is 0.609. The Morgan fingerprint density at radius 2 is 1.42 bits per heavy atom. The first kappa shape index (κ1) is 18.1. The Kier molecular flexibility index (Phi) is 6.39. The van der Waals surface area contributed by atoms with Gasteiger partial charge in [0.25, 0.3) is 0 Å². The molecule has 0 saturated carbocycles. The summed E-state index contributed by atoms with van der Waals surface area (Å²) in [5.41, 5.74) is 2.28. The summed E-state index contributed by atoms with van der Waals surface area (Å²) in [6.07, 6.45) is 3.38. The maximum absolute atomic E-state index is 12.9. The molecule has 0 bridgehead atoms. The molecule has 0 amide bonds. The third kappa shape index (κ3) is 5.70. The summed E-state index contributed by atoms with van der Waals surface area (Å²) in [5.74, 6) is 1.13. The Morgan fingerprint density at radius 1 is 0.808 bits per heavy atom. The van der Waals surface area contributed by atoms with Gasteiger partial charge in [-0.15, -0.1) is 0 Å². The normalized spacial score (nSPS) is 10.5. The summed E-state index contributed by atoms with van der Waals surface area (Å²) in [4.78, 5) is 8.68. The highest BCUT2D eigenvalue weighted by Crippen LogP contribution is 2.11. The monoisotopic (exact) mass is 370 g/mol. The van der Waals surface area contributed by atoms with Crippen LogP contribution in [0.4, 0.5) is 16.2 Å². The van der Waals surface area contributed by atoms with E-state index in [1.807, 2.05) is 30.3 Å². The van der Waals surface area contributed by atoms with Gasteiger partial charge >= 0.3 is 0 Å². The second kappa shape index (κ2) is 9.15. The van der Waals surface area contributed by atoms with Crippen LogP contribution in [0.3, 0.4) is 0 Å². The van der Waals surface area contributed by atoms with Gasteiger partial charge < -0.3 is 10.6 Å². The van der Waals surface area contributed by atoms with Crippen molar-refractivity contribution in [3.63, 3.8) is 0 Å². The van der Waals surface area contributed by atoms with Gasteiger partial charge in [0, 0.05) is 24.3 Å². The highest BCUT2D eigenvalue weighted by Gasteiger charge is 2.00. The Bertz CT molecular complexity index is 755. The molecule has 0 saturated heterocycles. The van der Waals surface area contributed by atoms with Crippen molar-refractivity contribution < 1.29 is 4.39 Å². The standard InChI is InChI=1S/C20H20ClFN4/c21-17-5-1-15(2-6-17)10-13-24-20-25-14-11-19(26-20)23-12-9-16-3-7-18(22)8-4-16/h1-8,11,14H,9-10,12-13H2,(H2,23,24,25,26). The van der Waals surface area contributed by atoms with Gasteiger partial charge in [-0.3, -0.25) is 0 Å². The number of rotatable bonds is 8. The van der Waals surface area contributed by atoms with Crippen LogP contribution in [-0.2, 0) is 12.8 Å². The minimum absolute atomic E-state index is 0.216. The Morgan fingerprint density at radius 3 is 2.12 bits per heavy atom. The zero-order valence-corrected chi connectivity index (χ0v) is 15.0. The number of hydrogen-bond donors (Lipinski definition) is 2. The van der Waals surface area contributed by atoms with E-state index < -0.39 is 0 Å². The molecule has 4 nitrogen and oxygen atoms in total. The molecule has 0 aliphatic rings. The zero-order valence-electron chi connectivity index (χ0n) is 14.3. The Balaban J connectivity index is 1.45. The predicted molar refractivity (Wildman–Crippen MR) is 104 cm³/mol. The zero-order chi connectivity index (χ0) is 18.2. The molecule has 2 aromatic carbocycles. The fourth-order valence-electron chi connectivity index (χ4n) is 2.50. The molecule has 26 heavy (non-hydrogen) atoms. The second-order valence-corrected chi connectivity index (χ2v) is 6.31. The third-order valence-corrected chi connectivity index (χ3v) is 4.15. The van der Waals surface area contributed by atoms with Crippen LogP contribution in [0.2, 0.25) is 5.02 Å². The smallest absolute Gasteiger partial charge is 0.224 e. The number of nitrogens with one attached hydrogen (secondary N) is 2. The molecule has 1 aromatic heterocycles. The molecular formula is C20H20ClFN4. The van der Waals surface area contributed by atoms with Crippen molar-refractivity contribution in [2.45, 2.75) is 12.8 Å². The molecule has 134 valence electrons. The van der Waals surface area contributed by atoms with Crippen LogP contribution in [0.25, 0.3) is 0 Å². The predicted octanol–water partition coefficient (Wildman–Crippen LogP) is 4.58. The summed E-state index contributed by atoms with van der Waals surface area (Å²) < 4.78 is 12.9. The Hall–Kier alpha value is -2.66. The number of anilines is 2. The summed E-state index contributed by atoms with van der Waals surface area (Å²) in [7, 11) is 0. The van der Waals surface area contributed by atoms with Gasteiger partial charge in [-0.25, -0.2) is 9.37 Å². The molecule has 0 spiro atoms. The second-order valence-electron chi connectivity index (χ2n) is 5.87. The van der Waals surface area contributed by atoms with Gasteiger partial charge in [-0.2, -0.15) is 4.98 Å². The van der Waals surface area contributed by atoms with Crippen LogP contribution < -0.4 is 10.6 Å². The first-order valence-electron chi connectivity index (χ1n) is 8.49. The minimum atomic E-state index is -0.216. The lowest BCUT2D eigenvalue weighted by Crippen LogP contribution is -2.11. The molecule has 0 atom stereocenters. The first-order valence-corrected chi connectivity index (χ1v) is 8.86. The SMILES string of the molecule is Fc1ccc(CCNc2ccnc(NCCc3ccc(Cl)cc3)n2)cc1. The molecule has 0 fully saturated rings. The fourth-order valence-corrected chi connectivity index (χ4v) is 2.62. The van der Waals surface area contributed by atoms with E-state index in [1.54, 1.807) is 18.3 Å². The average molecular weight is 371 g/mol. The van der Waals surface area contributed by atoms with Crippen LogP contribution >= 0.6 is 11.6 Å². The molecule has 0 radical (unpaired) electrons. The van der Waals surface area contributed by atoms with Crippen molar-refractivity contribution >= 4 is 23.4 Å². The molecule has 3 rings (SSSR count). The summed E-state index contributed by atoms with van der Waals surface area (Å²) >= 11 is 5.89. The molecule has 0 aliphatic carbocycles. The summed E-state index contributed by atoms with van der Waals surface area (Å²) in [6.45, 7) is 1.45. The van der Waals surface area contributed by atoms with Crippen molar-refractivity contribution in [2.75, 3.05) is 23.7 Å². The van der Waals surface area contributed by atoms with Crippen molar-refractivity contribution in [3.05, 3.63) is 82.8 Å². The van der Waals surface area contributed by atoms with E-state index in [1.165, 1.54) is 17.7 Å². The Labute approximate surface area is 157 Å². The van der Waals surface area contributed by atoms with Gasteiger partial charge in [-0.05, 0) is 54.3 Å². The largest absolute Gasteiger partial charge is 0.370 e. The maximum atomic E-state index is 12.9. The van der Waals surface area contributed by atoms with Crippen LogP contribution in [0, 0.1) is 5.82 Å². The van der Waals surface area contributed by atoms with Crippen LogP contribution in [-0.4, -0.2) is 23.1 Å². The molecule has 3 aromatic rings. The lowest BCUT2D eigenvalue weighted by atomic mass is 10.1. The molecule has 1 heterocycles. The van der Waals surface area contributed by atoms with Crippen LogP contribution in [0.5, 0.6) is 0 Å². The van der Waals surface area contributed by atoms with Crippen molar-refractivity contribution in [1.29, 1.82) is 0 Å². The summed E-state index contributed by atoms with van der Waals surface area (Å²) in [6, 6.07) is 16.2.